The average Bonchev–Trinajstić information content (AvgIpc) is 2.82. The van der Waals surface area contributed by atoms with Gasteiger partial charge in [0.2, 0.25) is 5.91 Å². The van der Waals surface area contributed by atoms with Crippen molar-refractivity contribution in [2.24, 2.45) is 7.05 Å². The molecule has 19 heavy (non-hydrogen) atoms. The fourth-order valence-electron chi connectivity index (χ4n) is 1.54. The molecule has 98 valence electrons. The highest BCUT2D eigenvalue weighted by atomic mass is 16.2. The number of amides is 2. The first kappa shape index (κ1) is 12.8. The molecule has 2 rings (SSSR count). The van der Waals surface area contributed by atoms with Crippen molar-refractivity contribution in [3.63, 3.8) is 0 Å². The fraction of sp³-hybridized carbons (Fsp3) is 0.154. The average molecular weight is 258 g/mol. The Morgan fingerprint density at radius 3 is 2.58 bits per heavy atom. The van der Waals surface area contributed by atoms with Gasteiger partial charge in [-0.05, 0) is 12.1 Å². The maximum absolute atomic E-state index is 11.7. The zero-order valence-electron chi connectivity index (χ0n) is 10.5. The van der Waals surface area contributed by atoms with E-state index >= 15 is 0 Å². The van der Waals surface area contributed by atoms with Crippen molar-refractivity contribution in [2.45, 2.75) is 0 Å². The molecule has 0 aliphatic heterocycles. The number of carbonyl (C=O) groups is 2. The third-order valence-electron chi connectivity index (χ3n) is 2.53. The van der Waals surface area contributed by atoms with Gasteiger partial charge in [-0.1, -0.05) is 18.2 Å². The van der Waals surface area contributed by atoms with E-state index in [0.717, 1.165) is 0 Å². The van der Waals surface area contributed by atoms with Gasteiger partial charge in [0.1, 0.15) is 5.82 Å². The molecule has 2 aromatic rings. The molecule has 0 fully saturated rings. The minimum Gasteiger partial charge on any atom is -0.343 e. The SMILES string of the molecule is Cn1nccc1NC(=O)CNC(=O)c1ccccc1. The standard InChI is InChI=1S/C13H14N4O2/c1-17-11(7-8-15-17)16-12(18)9-14-13(19)10-5-3-2-4-6-10/h2-8H,9H2,1H3,(H,14,19)(H,16,18). The number of carbonyl (C=O) groups excluding carboxylic acids is 2. The van der Waals surface area contributed by atoms with Crippen LogP contribution in [0.15, 0.2) is 42.6 Å². The van der Waals surface area contributed by atoms with Crippen LogP contribution in [0.1, 0.15) is 10.4 Å². The van der Waals surface area contributed by atoms with Gasteiger partial charge in [-0.3, -0.25) is 14.3 Å². The minimum absolute atomic E-state index is 0.0844. The lowest BCUT2D eigenvalue weighted by Crippen LogP contribution is -2.33. The summed E-state index contributed by atoms with van der Waals surface area (Å²) in [6, 6.07) is 10.4. The lowest BCUT2D eigenvalue weighted by atomic mass is 10.2. The Morgan fingerprint density at radius 2 is 1.95 bits per heavy atom. The molecule has 0 bridgehead atoms. The highest BCUT2D eigenvalue weighted by molar-refractivity contribution is 5.98. The Morgan fingerprint density at radius 1 is 1.21 bits per heavy atom. The van der Waals surface area contributed by atoms with Gasteiger partial charge in [-0.2, -0.15) is 5.10 Å². The van der Waals surface area contributed by atoms with Crippen LogP contribution in [0.5, 0.6) is 0 Å². The van der Waals surface area contributed by atoms with Crippen molar-refractivity contribution in [2.75, 3.05) is 11.9 Å². The lowest BCUT2D eigenvalue weighted by Gasteiger charge is -2.06. The predicted molar refractivity (Wildman–Crippen MR) is 70.6 cm³/mol. The number of benzene rings is 1. The Kier molecular flexibility index (Phi) is 3.92. The summed E-state index contributed by atoms with van der Waals surface area (Å²) in [7, 11) is 1.72. The second kappa shape index (κ2) is 5.81. The Hall–Kier alpha value is -2.63. The van der Waals surface area contributed by atoms with Gasteiger partial charge in [0.25, 0.3) is 5.91 Å². The molecule has 0 saturated carbocycles. The summed E-state index contributed by atoms with van der Waals surface area (Å²) >= 11 is 0. The van der Waals surface area contributed by atoms with Crippen molar-refractivity contribution in [1.82, 2.24) is 15.1 Å². The number of rotatable bonds is 4. The van der Waals surface area contributed by atoms with Crippen molar-refractivity contribution < 1.29 is 9.59 Å². The molecule has 2 N–H and O–H groups in total. The molecule has 0 unspecified atom stereocenters. The van der Waals surface area contributed by atoms with Crippen molar-refractivity contribution >= 4 is 17.6 Å². The van der Waals surface area contributed by atoms with E-state index < -0.39 is 0 Å². The minimum atomic E-state index is -0.298. The zero-order valence-corrected chi connectivity index (χ0v) is 10.5. The zero-order chi connectivity index (χ0) is 13.7. The molecule has 0 radical (unpaired) electrons. The van der Waals surface area contributed by atoms with Crippen molar-refractivity contribution in [3.05, 3.63) is 48.2 Å². The number of nitrogens with zero attached hydrogens (tertiary/aromatic N) is 2. The molecule has 1 aromatic carbocycles. The molecule has 0 aliphatic rings. The van der Waals surface area contributed by atoms with E-state index in [1.165, 1.54) is 4.68 Å². The number of aromatic nitrogens is 2. The number of anilines is 1. The number of aryl methyl sites for hydroxylation is 1. The maximum atomic E-state index is 11.7. The monoisotopic (exact) mass is 258 g/mol. The van der Waals surface area contributed by atoms with Crippen LogP contribution in [0, 0.1) is 0 Å². The Labute approximate surface area is 110 Å². The summed E-state index contributed by atoms with van der Waals surface area (Å²) in [6.07, 6.45) is 1.58. The second-order valence-corrected chi connectivity index (χ2v) is 3.94. The molecule has 1 aromatic heterocycles. The van der Waals surface area contributed by atoms with Crippen molar-refractivity contribution in [3.8, 4) is 0 Å². The van der Waals surface area contributed by atoms with E-state index in [4.69, 9.17) is 0 Å². The molecule has 0 saturated heterocycles. The van der Waals surface area contributed by atoms with E-state index in [1.54, 1.807) is 43.6 Å². The van der Waals surface area contributed by atoms with Crippen LogP contribution in [-0.4, -0.2) is 28.1 Å². The molecule has 0 atom stereocenters. The molecule has 6 heteroatoms. The van der Waals surface area contributed by atoms with Crippen LogP contribution in [0.25, 0.3) is 0 Å². The molecule has 2 amide bonds. The molecule has 1 heterocycles. The third kappa shape index (κ3) is 3.41. The van der Waals surface area contributed by atoms with E-state index in [1.807, 2.05) is 6.07 Å². The van der Waals surface area contributed by atoms with Crippen LogP contribution < -0.4 is 10.6 Å². The van der Waals surface area contributed by atoms with E-state index in [2.05, 4.69) is 15.7 Å². The third-order valence-corrected chi connectivity index (χ3v) is 2.53. The van der Waals surface area contributed by atoms with Crippen LogP contribution in [0.3, 0.4) is 0 Å². The Balaban J connectivity index is 1.84. The summed E-state index contributed by atoms with van der Waals surface area (Å²) in [4.78, 5) is 23.3. The number of hydrogen-bond donors (Lipinski definition) is 2. The first-order valence-corrected chi connectivity index (χ1v) is 5.78. The molecule has 0 spiro atoms. The van der Waals surface area contributed by atoms with Gasteiger partial charge in [-0.15, -0.1) is 0 Å². The summed E-state index contributed by atoms with van der Waals surface area (Å²) in [5.74, 6) is 0.00703. The van der Waals surface area contributed by atoms with Gasteiger partial charge in [0.05, 0.1) is 12.7 Å². The highest BCUT2D eigenvalue weighted by Crippen LogP contribution is 2.02. The molecular formula is C13H14N4O2. The van der Waals surface area contributed by atoms with E-state index in [-0.39, 0.29) is 18.4 Å². The quantitative estimate of drug-likeness (QED) is 0.851. The summed E-state index contributed by atoms with van der Waals surface area (Å²) in [5.41, 5.74) is 0.524. The topological polar surface area (TPSA) is 76.0 Å². The van der Waals surface area contributed by atoms with E-state index in [0.29, 0.717) is 11.4 Å². The number of nitrogens with one attached hydrogen (secondary N) is 2. The second-order valence-electron chi connectivity index (χ2n) is 3.94. The number of hydrogen-bond acceptors (Lipinski definition) is 3. The summed E-state index contributed by atoms with van der Waals surface area (Å²) in [5, 5.41) is 9.12. The van der Waals surface area contributed by atoms with Crippen molar-refractivity contribution in [1.29, 1.82) is 0 Å². The molecular weight excluding hydrogens is 244 g/mol. The van der Waals surface area contributed by atoms with Crippen LogP contribution in [0.2, 0.25) is 0 Å². The maximum Gasteiger partial charge on any atom is 0.251 e. The van der Waals surface area contributed by atoms with Gasteiger partial charge in [0, 0.05) is 18.7 Å². The first-order chi connectivity index (χ1) is 9.16. The van der Waals surface area contributed by atoms with Crippen LogP contribution >= 0.6 is 0 Å². The first-order valence-electron chi connectivity index (χ1n) is 5.78. The Bertz CT molecular complexity index is 577. The molecule has 0 aliphatic carbocycles. The van der Waals surface area contributed by atoms with Gasteiger partial charge >= 0.3 is 0 Å². The molecule has 6 nitrogen and oxygen atoms in total. The predicted octanol–water partition coefficient (Wildman–Crippen LogP) is 0.789. The smallest absolute Gasteiger partial charge is 0.251 e. The van der Waals surface area contributed by atoms with Gasteiger partial charge < -0.3 is 10.6 Å². The fourth-order valence-corrected chi connectivity index (χ4v) is 1.54. The largest absolute Gasteiger partial charge is 0.343 e. The van der Waals surface area contributed by atoms with Crippen LogP contribution in [0.4, 0.5) is 5.82 Å². The lowest BCUT2D eigenvalue weighted by molar-refractivity contribution is -0.115. The normalized spacial score (nSPS) is 9.95. The summed E-state index contributed by atoms with van der Waals surface area (Å²) in [6.45, 7) is -0.0844. The van der Waals surface area contributed by atoms with Crippen LogP contribution in [-0.2, 0) is 11.8 Å². The van der Waals surface area contributed by atoms with E-state index in [9.17, 15) is 9.59 Å². The van der Waals surface area contributed by atoms with Gasteiger partial charge in [-0.25, -0.2) is 0 Å². The summed E-state index contributed by atoms with van der Waals surface area (Å²) < 4.78 is 1.54. The van der Waals surface area contributed by atoms with Gasteiger partial charge in [0.15, 0.2) is 0 Å². The highest BCUT2D eigenvalue weighted by Gasteiger charge is 2.08.